The number of unbranched alkanes of at least 4 members (excludes halogenated alkanes) is 2. The molecule has 0 aliphatic heterocycles. The van der Waals surface area contributed by atoms with Gasteiger partial charge in [-0.1, -0.05) is 48.9 Å². The van der Waals surface area contributed by atoms with Crippen LogP contribution >= 0.6 is 11.3 Å². The Kier molecular flexibility index (Phi) is 7.98. The standard InChI is InChI=1S/C25H28N2O3S/c1-17-10-9-13-19(16-17)27-24-21(25(29)30-2)20(14-7-4-8-15-26)23(31-24)22(28)18-11-5-3-6-12-18/h3,5-6,9-13,16,27H,4,7-8,14-15,26H2,1-2H3. The van der Waals surface area contributed by atoms with Crippen molar-refractivity contribution in [3.8, 4) is 0 Å². The fourth-order valence-electron chi connectivity index (χ4n) is 3.49. The molecule has 0 aliphatic rings. The van der Waals surface area contributed by atoms with Crippen LogP contribution in [0.25, 0.3) is 0 Å². The number of ether oxygens (including phenoxy) is 1. The van der Waals surface area contributed by atoms with Crippen LogP contribution in [-0.4, -0.2) is 25.4 Å². The largest absolute Gasteiger partial charge is 0.465 e. The van der Waals surface area contributed by atoms with E-state index in [-0.39, 0.29) is 5.78 Å². The van der Waals surface area contributed by atoms with Gasteiger partial charge in [-0.3, -0.25) is 4.79 Å². The molecule has 3 N–H and O–H groups in total. The Hall–Kier alpha value is -2.96. The van der Waals surface area contributed by atoms with Crippen LogP contribution in [0.3, 0.4) is 0 Å². The zero-order valence-electron chi connectivity index (χ0n) is 17.9. The van der Waals surface area contributed by atoms with E-state index in [4.69, 9.17) is 10.5 Å². The third-order valence-electron chi connectivity index (χ3n) is 5.05. The Balaban J connectivity index is 2.07. The maximum atomic E-state index is 13.3. The molecular formula is C25H28N2O3S. The van der Waals surface area contributed by atoms with Gasteiger partial charge in [-0.25, -0.2) is 4.79 Å². The number of methoxy groups -OCH3 is 1. The van der Waals surface area contributed by atoms with Gasteiger partial charge in [0.05, 0.1) is 17.6 Å². The second kappa shape index (κ2) is 10.9. The minimum atomic E-state index is -0.438. The lowest BCUT2D eigenvalue weighted by molar-refractivity contribution is 0.0601. The number of hydrogen-bond donors (Lipinski definition) is 2. The zero-order valence-corrected chi connectivity index (χ0v) is 18.8. The third kappa shape index (κ3) is 5.60. The predicted octanol–water partition coefficient (Wildman–Crippen LogP) is 5.49. The van der Waals surface area contributed by atoms with Crippen molar-refractivity contribution < 1.29 is 14.3 Å². The van der Waals surface area contributed by atoms with Gasteiger partial charge in [0.15, 0.2) is 0 Å². The molecule has 2 aromatic carbocycles. The Morgan fingerprint density at radius 3 is 2.48 bits per heavy atom. The molecular weight excluding hydrogens is 408 g/mol. The van der Waals surface area contributed by atoms with E-state index < -0.39 is 5.97 Å². The van der Waals surface area contributed by atoms with Gasteiger partial charge in [0.1, 0.15) is 5.00 Å². The number of thiophene rings is 1. The van der Waals surface area contributed by atoms with Crippen molar-refractivity contribution in [3.63, 3.8) is 0 Å². The third-order valence-corrected chi connectivity index (χ3v) is 6.19. The molecule has 0 aliphatic carbocycles. The summed E-state index contributed by atoms with van der Waals surface area (Å²) >= 11 is 1.31. The highest BCUT2D eigenvalue weighted by Crippen LogP contribution is 2.38. The normalized spacial score (nSPS) is 10.7. The number of nitrogens with one attached hydrogen (secondary N) is 1. The number of aryl methyl sites for hydroxylation is 1. The molecule has 162 valence electrons. The molecule has 6 heteroatoms. The van der Waals surface area contributed by atoms with Gasteiger partial charge in [-0.05, 0) is 56.0 Å². The lowest BCUT2D eigenvalue weighted by Crippen LogP contribution is -2.09. The van der Waals surface area contributed by atoms with E-state index in [9.17, 15) is 9.59 Å². The van der Waals surface area contributed by atoms with E-state index in [0.717, 1.165) is 36.1 Å². The van der Waals surface area contributed by atoms with E-state index in [1.807, 2.05) is 49.4 Å². The lowest BCUT2D eigenvalue weighted by Gasteiger charge is -2.09. The number of ketones is 1. The van der Waals surface area contributed by atoms with Crippen molar-refractivity contribution >= 4 is 33.8 Å². The van der Waals surface area contributed by atoms with Gasteiger partial charge < -0.3 is 15.8 Å². The number of nitrogens with two attached hydrogens (primary N) is 1. The summed E-state index contributed by atoms with van der Waals surface area (Å²) in [5.74, 6) is -0.519. The van der Waals surface area contributed by atoms with Crippen molar-refractivity contribution in [3.05, 3.63) is 81.7 Å². The molecule has 0 bridgehead atoms. The fourth-order valence-corrected chi connectivity index (χ4v) is 4.71. The van der Waals surface area contributed by atoms with E-state index >= 15 is 0 Å². The van der Waals surface area contributed by atoms with Gasteiger partial charge in [-0.2, -0.15) is 0 Å². The predicted molar refractivity (Wildman–Crippen MR) is 127 cm³/mol. The first kappa shape index (κ1) is 22.7. The molecule has 0 fully saturated rings. The van der Waals surface area contributed by atoms with Gasteiger partial charge in [0.2, 0.25) is 5.78 Å². The van der Waals surface area contributed by atoms with Gasteiger partial charge in [-0.15, -0.1) is 11.3 Å². The summed E-state index contributed by atoms with van der Waals surface area (Å²) in [5.41, 5.74) is 9.39. The molecule has 0 atom stereocenters. The van der Waals surface area contributed by atoms with E-state index in [1.165, 1.54) is 18.4 Å². The maximum absolute atomic E-state index is 13.3. The molecule has 0 spiro atoms. The van der Waals surface area contributed by atoms with Crippen LogP contribution in [0.15, 0.2) is 54.6 Å². The molecule has 1 aromatic heterocycles. The second-order valence-corrected chi connectivity index (χ2v) is 8.42. The smallest absolute Gasteiger partial charge is 0.341 e. The SMILES string of the molecule is COC(=O)c1c(Nc2cccc(C)c2)sc(C(=O)c2ccccc2)c1CCCCCN. The van der Waals surface area contributed by atoms with Crippen LogP contribution in [0, 0.1) is 6.92 Å². The summed E-state index contributed by atoms with van der Waals surface area (Å²) in [6, 6.07) is 17.1. The van der Waals surface area contributed by atoms with Crippen molar-refractivity contribution in [2.45, 2.75) is 32.6 Å². The molecule has 1 heterocycles. The molecule has 0 saturated carbocycles. The topological polar surface area (TPSA) is 81.4 Å². The highest BCUT2D eigenvalue weighted by atomic mass is 32.1. The molecule has 0 saturated heterocycles. The van der Waals surface area contributed by atoms with E-state index in [0.29, 0.717) is 34.0 Å². The Labute approximate surface area is 187 Å². The number of carbonyl (C=O) groups is 2. The van der Waals surface area contributed by atoms with Crippen LogP contribution in [0.5, 0.6) is 0 Å². The van der Waals surface area contributed by atoms with Gasteiger partial charge in [0.25, 0.3) is 0 Å². The zero-order chi connectivity index (χ0) is 22.2. The minimum Gasteiger partial charge on any atom is -0.465 e. The van der Waals surface area contributed by atoms with Gasteiger partial charge >= 0.3 is 5.97 Å². The number of benzene rings is 2. The maximum Gasteiger partial charge on any atom is 0.341 e. The average Bonchev–Trinajstić information content (AvgIpc) is 3.14. The molecule has 0 radical (unpaired) electrons. The average molecular weight is 437 g/mol. The first-order valence-corrected chi connectivity index (χ1v) is 11.2. The Morgan fingerprint density at radius 2 is 1.81 bits per heavy atom. The number of esters is 1. The number of hydrogen-bond acceptors (Lipinski definition) is 6. The van der Waals surface area contributed by atoms with Crippen LogP contribution in [-0.2, 0) is 11.2 Å². The summed E-state index contributed by atoms with van der Waals surface area (Å²) in [6.45, 7) is 2.64. The summed E-state index contributed by atoms with van der Waals surface area (Å²) < 4.78 is 5.10. The van der Waals surface area contributed by atoms with E-state index in [1.54, 1.807) is 12.1 Å². The highest BCUT2D eigenvalue weighted by Gasteiger charge is 2.28. The quantitative estimate of drug-likeness (QED) is 0.249. The summed E-state index contributed by atoms with van der Waals surface area (Å²) in [4.78, 5) is 26.7. The fraction of sp³-hybridized carbons (Fsp3) is 0.280. The van der Waals surface area contributed by atoms with Crippen LogP contribution in [0.2, 0.25) is 0 Å². The van der Waals surface area contributed by atoms with E-state index in [2.05, 4.69) is 5.32 Å². The first-order chi connectivity index (χ1) is 15.0. The Morgan fingerprint density at radius 1 is 1.03 bits per heavy atom. The van der Waals surface area contributed by atoms with Crippen LogP contribution in [0.4, 0.5) is 10.7 Å². The van der Waals surface area contributed by atoms with Crippen molar-refractivity contribution in [1.29, 1.82) is 0 Å². The number of rotatable bonds is 10. The molecule has 5 nitrogen and oxygen atoms in total. The van der Waals surface area contributed by atoms with Crippen molar-refractivity contribution in [1.82, 2.24) is 0 Å². The summed E-state index contributed by atoms with van der Waals surface area (Å²) in [6.07, 6.45) is 3.31. The minimum absolute atomic E-state index is 0.0816. The number of anilines is 2. The summed E-state index contributed by atoms with van der Waals surface area (Å²) in [7, 11) is 1.37. The van der Waals surface area contributed by atoms with Crippen LogP contribution < -0.4 is 11.1 Å². The van der Waals surface area contributed by atoms with Gasteiger partial charge in [0, 0.05) is 11.3 Å². The monoisotopic (exact) mass is 436 g/mol. The second-order valence-electron chi connectivity index (χ2n) is 7.39. The first-order valence-electron chi connectivity index (χ1n) is 10.4. The van der Waals surface area contributed by atoms with Crippen molar-refractivity contribution in [2.75, 3.05) is 19.0 Å². The Bertz CT molecular complexity index is 1040. The van der Waals surface area contributed by atoms with Crippen molar-refractivity contribution in [2.24, 2.45) is 5.73 Å². The molecule has 0 unspecified atom stereocenters. The molecule has 0 amide bonds. The molecule has 3 aromatic rings. The molecule has 3 rings (SSSR count). The van der Waals surface area contributed by atoms with Crippen LogP contribution in [0.1, 0.15) is 56.0 Å². The lowest BCUT2D eigenvalue weighted by atomic mass is 9.98. The highest BCUT2D eigenvalue weighted by molar-refractivity contribution is 7.18. The molecule has 31 heavy (non-hydrogen) atoms. The number of carbonyl (C=O) groups excluding carboxylic acids is 2. The summed E-state index contributed by atoms with van der Waals surface area (Å²) in [5, 5.41) is 3.97.